The molecule has 0 saturated heterocycles. The minimum Gasteiger partial charge on any atom is -0.208 e. The van der Waals surface area contributed by atoms with Gasteiger partial charge in [0.1, 0.15) is 0 Å². The smallest absolute Gasteiger partial charge is 0.164 e. The topological polar surface area (TPSA) is 38.7 Å². The predicted molar refractivity (Wildman–Crippen MR) is 194 cm³/mol. The quantitative estimate of drug-likeness (QED) is 0.193. The second-order valence-corrected chi connectivity index (χ2v) is 12.7. The van der Waals surface area contributed by atoms with Crippen LogP contribution in [0.15, 0.2) is 174 Å². The largest absolute Gasteiger partial charge is 0.208 e. The van der Waals surface area contributed by atoms with E-state index in [9.17, 15) is 0 Å². The van der Waals surface area contributed by atoms with E-state index in [1.54, 1.807) is 0 Å². The maximum Gasteiger partial charge on any atom is 0.164 e. The molecule has 0 atom stereocenters. The van der Waals surface area contributed by atoms with Crippen LogP contribution in [0, 0.1) is 0 Å². The first kappa shape index (κ1) is 27.5. The third kappa shape index (κ3) is 5.00. The molecule has 8 aromatic rings. The molecule has 0 amide bonds. The standard InChI is InChI=1S/C43H27N3S/c1-4-11-29(12-5-1)34-25-26-38-40-36(34)17-10-18-37(40)35-24-23-33(27-39(35)47-38)28-19-21-32(22-20-28)43-45-41(30-13-6-2-7-14-30)44-42(46-43)31-15-8-3-9-16-31/h1-27H. The highest BCUT2D eigenvalue weighted by atomic mass is 32.2. The average Bonchev–Trinajstić information content (AvgIpc) is 3.16. The van der Waals surface area contributed by atoms with Crippen LogP contribution in [0.2, 0.25) is 0 Å². The van der Waals surface area contributed by atoms with Crippen LogP contribution in [-0.2, 0) is 0 Å². The number of fused-ring (bicyclic) bond motifs is 2. The van der Waals surface area contributed by atoms with Gasteiger partial charge in [-0.15, -0.1) is 0 Å². The van der Waals surface area contributed by atoms with Crippen molar-refractivity contribution in [3.8, 4) is 67.5 Å². The van der Waals surface area contributed by atoms with E-state index in [2.05, 4.69) is 103 Å². The van der Waals surface area contributed by atoms with Gasteiger partial charge in [-0.1, -0.05) is 163 Å². The highest BCUT2D eigenvalue weighted by molar-refractivity contribution is 7.99. The van der Waals surface area contributed by atoms with Crippen LogP contribution in [0.5, 0.6) is 0 Å². The number of hydrogen-bond donors (Lipinski definition) is 0. The van der Waals surface area contributed by atoms with Gasteiger partial charge in [-0.3, -0.25) is 0 Å². The summed E-state index contributed by atoms with van der Waals surface area (Å²) in [6.45, 7) is 0. The predicted octanol–water partition coefficient (Wildman–Crippen LogP) is 11.5. The maximum absolute atomic E-state index is 4.90. The van der Waals surface area contributed by atoms with Crippen molar-refractivity contribution in [1.82, 2.24) is 15.0 Å². The molecule has 3 nitrogen and oxygen atoms in total. The molecule has 0 radical (unpaired) electrons. The van der Waals surface area contributed by atoms with Crippen LogP contribution < -0.4 is 0 Å². The summed E-state index contributed by atoms with van der Waals surface area (Å²) in [5.74, 6) is 1.98. The molecule has 1 aliphatic rings. The van der Waals surface area contributed by atoms with Crippen molar-refractivity contribution in [2.24, 2.45) is 0 Å². The molecule has 1 aliphatic heterocycles. The molecule has 9 rings (SSSR count). The Morgan fingerprint density at radius 2 is 0.830 bits per heavy atom. The SMILES string of the molecule is c1ccc(-c2nc(-c3ccccc3)nc(-c3ccc(-c4ccc5c(c4)Sc4ccc(-c6ccccc6)c6cccc-5c46)cc3)n2)cc1. The third-order valence-electron chi connectivity index (χ3n) is 8.75. The fraction of sp³-hybridized carbons (Fsp3) is 0. The first-order valence-corrected chi connectivity index (χ1v) is 16.5. The Kier molecular flexibility index (Phi) is 6.72. The zero-order chi connectivity index (χ0) is 31.2. The van der Waals surface area contributed by atoms with Crippen molar-refractivity contribution in [2.45, 2.75) is 9.79 Å². The van der Waals surface area contributed by atoms with E-state index >= 15 is 0 Å². The lowest BCUT2D eigenvalue weighted by Crippen LogP contribution is -2.00. The summed E-state index contributed by atoms with van der Waals surface area (Å²) < 4.78 is 0. The Morgan fingerprint density at radius 1 is 0.319 bits per heavy atom. The minimum atomic E-state index is 0.657. The first-order valence-electron chi connectivity index (χ1n) is 15.7. The van der Waals surface area contributed by atoms with Crippen molar-refractivity contribution >= 4 is 22.5 Å². The second kappa shape index (κ2) is 11.5. The summed E-state index contributed by atoms with van der Waals surface area (Å²) >= 11 is 1.86. The second-order valence-electron chi connectivity index (χ2n) is 11.6. The summed E-state index contributed by atoms with van der Waals surface area (Å²) in [7, 11) is 0. The lowest BCUT2D eigenvalue weighted by molar-refractivity contribution is 1.07. The Balaban J connectivity index is 1.08. The van der Waals surface area contributed by atoms with Gasteiger partial charge >= 0.3 is 0 Å². The van der Waals surface area contributed by atoms with Gasteiger partial charge in [0.2, 0.25) is 0 Å². The molecule has 2 heterocycles. The summed E-state index contributed by atoms with van der Waals surface area (Å²) in [6.07, 6.45) is 0. The van der Waals surface area contributed by atoms with E-state index in [4.69, 9.17) is 15.0 Å². The van der Waals surface area contributed by atoms with Gasteiger partial charge in [0.15, 0.2) is 17.5 Å². The lowest BCUT2D eigenvalue weighted by atomic mass is 9.91. The fourth-order valence-corrected chi connectivity index (χ4v) is 7.60. The van der Waals surface area contributed by atoms with E-state index in [1.807, 2.05) is 72.4 Å². The maximum atomic E-state index is 4.90. The van der Waals surface area contributed by atoms with Gasteiger partial charge in [0.05, 0.1) is 0 Å². The highest BCUT2D eigenvalue weighted by Crippen LogP contribution is 2.50. The molecule has 4 heteroatoms. The van der Waals surface area contributed by atoms with Crippen molar-refractivity contribution in [1.29, 1.82) is 0 Å². The van der Waals surface area contributed by atoms with Gasteiger partial charge in [-0.2, -0.15) is 0 Å². The van der Waals surface area contributed by atoms with Crippen LogP contribution in [0.3, 0.4) is 0 Å². The lowest BCUT2D eigenvalue weighted by Gasteiger charge is -2.22. The summed E-state index contributed by atoms with van der Waals surface area (Å²) in [4.78, 5) is 17.2. The van der Waals surface area contributed by atoms with Crippen molar-refractivity contribution < 1.29 is 0 Å². The van der Waals surface area contributed by atoms with Crippen LogP contribution in [0.1, 0.15) is 0 Å². The molecule has 47 heavy (non-hydrogen) atoms. The number of nitrogens with zero attached hydrogens (tertiary/aromatic N) is 3. The third-order valence-corrected chi connectivity index (χ3v) is 9.87. The van der Waals surface area contributed by atoms with Gasteiger partial charge in [-0.05, 0) is 50.9 Å². The molecular formula is C43H27N3S. The molecule has 0 saturated carbocycles. The summed E-state index contributed by atoms with van der Waals surface area (Å²) in [5.41, 5.74) is 10.3. The highest BCUT2D eigenvalue weighted by Gasteiger charge is 2.21. The van der Waals surface area contributed by atoms with E-state index in [0.717, 1.165) is 22.3 Å². The summed E-state index contributed by atoms with van der Waals surface area (Å²) in [5, 5.41) is 2.64. The van der Waals surface area contributed by atoms with Crippen molar-refractivity contribution in [3.05, 3.63) is 164 Å². The fourth-order valence-electron chi connectivity index (χ4n) is 6.43. The normalized spacial score (nSPS) is 11.7. The molecule has 1 aromatic heterocycles. The molecule has 0 unspecified atom stereocenters. The average molecular weight is 618 g/mol. The zero-order valence-corrected chi connectivity index (χ0v) is 26.2. The Labute approximate surface area is 277 Å². The molecular weight excluding hydrogens is 591 g/mol. The number of benzene rings is 7. The number of hydrogen-bond acceptors (Lipinski definition) is 4. The van der Waals surface area contributed by atoms with Crippen LogP contribution in [0.25, 0.3) is 78.3 Å². The van der Waals surface area contributed by atoms with Crippen molar-refractivity contribution in [2.75, 3.05) is 0 Å². The van der Waals surface area contributed by atoms with Gasteiger partial charge in [0, 0.05) is 31.9 Å². The molecule has 0 spiro atoms. The van der Waals surface area contributed by atoms with Crippen molar-refractivity contribution in [3.63, 3.8) is 0 Å². The number of rotatable bonds is 5. The summed E-state index contributed by atoms with van der Waals surface area (Å²) in [6, 6.07) is 57.5. The molecule has 0 fully saturated rings. The minimum absolute atomic E-state index is 0.657. The monoisotopic (exact) mass is 617 g/mol. The van der Waals surface area contributed by atoms with Crippen LogP contribution in [-0.4, -0.2) is 15.0 Å². The molecule has 0 aliphatic carbocycles. The van der Waals surface area contributed by atoms with Gasteiger partial charge in [0.25, 0.3) is 0 Å². The van der Waals surface area contributed by atoms with E-state index < -0.39 is 0 Å². The Hall–Kier alpha value is -5.84. The zero-order valence-electron chi connectivity index (χ0n) is 25.3. The van der Waals surface area contributed by atoms with Crippen LogP contribution >= 0.6 is 11.8 Å². The van der Waals surface area contributed by atoms with Gasteiger partial charge in [-0.25, -0.2) is 15.0 Å². The molecule has 0 N–H and O–H groups in total. The molecule has 0 bridgehead atoms. The van der Waals surface area contributed by atoms with E-state index in [0.29, 0.717) is 17.5 Å². The van der Waals surface area contributed by atoms with Gasteiger partial charge < -0.3 is 0 Å². The number of aromatic nitrogens is 3. The molecule has 7 aromatic carbocycles. The van der Waals surface area contributed by atoms with Crippen LogP contribution in [0.4, 0.5) is 0 Å². The van der Waals surface area contributed by atoms with E-state index in [1.165, 1.54) is 48.4 Å². The Morgan fingerprint density at radius 3 is 1.45 bits per heavy atom. The van der Waals surface area contributed by atoms with E-state index in [-0.39, 0.29) is 0 Å². The molecule has 220 valence electrons. The Bertz CT molecular complexity index is 2350. The first-order chi connectivity index (χ1) is 23.3.